The lowest BCUT2D eigenvalue weighted by Gasteiger charge is -2.60. The lowest BCUT2D eigenvalue weighted by Crippen LogP contribution is -2.73. The van der Waals surface area contributed by atoms with Gasteiger partial charge in [0.15, 0.2) is 0 Å². The molecule has 21 heavy (non-hydrogen) atoms. The van der Waals surface area contributed by atoms with Crippen molar-refractivity contribution in [1.82, 2.24) is 9.88 Å². The van der Waals surface area contributed by atoms with E-state index in [1.807, 2.05) is 25.3 Å². The number of aromatic nitrogens is 1. The van der Waals surface area contributed by atoms with E-state index in [1.165, 1.54) is 0 Å². The van der Waals surface area contributed by atoms with E-state index in [4.69, 9.17) is 10.5 Å². The van der Waals surface area contributed by atoms with E-state index < -0.39 is 0 Å². The zero-order valence-electron chi connectivity index (χ0n) is 13.8. The number of nitrogens with two attached hydrogens (primary N) is 1. The highest BCUT2D eigenvalue weighted by atomic mass is 16.5. The van der Waals surface area contributed by atoms with E-state index in [0.29, 0.717) is 0 Å². The van der Waals surface area contributed by atoms with Crippen LogP contribution in [-0.2, 0) is 11.2 Å². The summed E-state index contributed by atoms with van der Waals surface area (Å²) in [6.07, 6.45) is 4.04. The first-order chi connectivity index (χ1) is 9.89. The van der Waals surface area contributed by atoms with Gasteiger partial charge >= 0.3 is 0 Å². The molecular formula is C17H29N3O. The number of rotatable bonds is 7. The first-order valence-corrected chi connectivity index (χ1v) is 7.88. The molecule has 4 heteroatoms. The quantitative estimate of drug-likeness (QED) is 0.836. The fraction of sp³-hybridized carbons (Fsp3) is 0.706. The monoisotopic (exact) mass is 291 g/mol. The summed E-state index contributed by atoms with van der Waals surface area (Å²) in [4.78, 5) is 6.69. The van der Waals surface area contributed by atoms with Gasteiger partial charge in [0.1, 0.15) is 0 Å². The van der Waals surface area contributed by atoms with Gasteiger partial charge in [0.25, 0.3) is 0 Å². The van der Waals surface area contributed by atoms with E-state index in [-0.39, 0.29) is 17.1 Å². The maximum absolute atomic E-state index is 6.63. The van der Waals surface area contributed by atoms with Gasteiger partial charge in [0.2, 0.25) is 0 Å². The third-order valence-electron chi connectivity index (χ3n) is 5.03. The molecule has 0 spiro atoms. The first-order valence-electron chi connectivity index (χ1n) is 7.88. The van der Waals surface area contributed by atoms with Crippen LogP contribution in [0.3, 0.4) is 0 Å². The van der Waals surface area contributed by atoms with E-state index in [1.54, 1.807) is 0 Å². The van der Waals surface area contributed by atoms with Crippen LogP contribution in [0.5, 0.6) is 0 Å². The normalized spacial score (nSPS) is 27.6. The number of hydrogen-bond acceptors (Lipinski definition) is 4. The van der Waals surface area contributed by atoms with Gasteiger partial charge in [-0.3, -0.25) is 4.98 Å². The van der Waals surface area contributed by atoms with Crippen LogP contribution in [0.1, 0.15) is 32.9 Å². The van der Waals surface area contributed by atoms with Gasteiger partial charge in [0, 0.05) is 49.0 Å². The summed E-state index contributed by atoms with van der Waals surface area (Å²) in [6, 6.07) is 6.06. The molecule has 1 aliphatic rings. The Bertz CT molecular complexity index is 449. The Morgan fingerprint density at radius 2 is 2.19 bits per heavy atom. The molecule has 4 nitrogen and oxygen atoms in total. The van der Waals surface area contributed by atoms with Crippen LogP contribution in [0.4, 0.5) is 0 Å². The Balaban J connectivity index is 1.84. The molecule has 118 valence electrons. The fourth-order valence-electron chi connectivity index (χ4n) is 3.19. The van der Waals surface area contributed by atoms with Gasteiger partial charge in [-0.25, -0.2) is 0 Å². The molecule has 1 saturated carbocycles. The van der Waals surface area contributed by atoms with Crippen LogP contribution in [-0.4, -0.2) is 48.3 Å². The third-order valence-corrected chi connectivity index (χ3v) is 5.03. The van der Waals surface area contributed by atoms with Crippen LogP contribution < -0.4 is 5.73 Å². The summed E-state index contributed by atoms with van der Waals surface area (Å²) < 4.78 is 5.79. The molecule has 1 heterocycles. The minimum Gasteiger partial charge on any atom is -0.378 e. The van der Waals surface area contributed by atoms with Crippen LogP contribution >= 0.6 is 0 Å². The largest absolute Gasteiger partial charge is 0.378 e. The first kappa shape index (κ1) is 16.4. The molecule has 1 aromatic rings. The molecule has 2 N–H and O–H groups in total. The molecule has 0 saturated heterocycles. The van der Waals surface area contributed by atoms with E-state index in [2.05, 4.69) is 36.8 Å². The van der Waals surface area contributed by atoms with Crippen molar-refractivity contribution in [2.75, 3.05) is 26.7 Å². The Hall–Kier alpha value is -0.970. The summed E-state index contributed by atoms with van der Waals surface area (Å²) in [5.41, 5.74) is 7.64. The molecule has 1 aromatic heterocycles. The summed E-state index contributed by atoms with van der Waals surface area (Å²) in [5.74, 6) is 0. The van der Waals surface area contributed by atoms with E-state index in [0.717, 1.165) is 38.2 Å². The van der Waals surface area contributed by atoms with Crippen molar-refractivity contribution in [3.63, 3.8) is 0 Å². The number of nitrogens with zero attached hydrogens (tertiary/aromatic N) is 2. The van der Waals surface area contributed by atoms with Crippen LogP contribution in [0.25, 0.3) is 0 Å². The fourth-order valence-corrected chi connectivity index (χ4v) is 3.19. The van der Waals surface area contributed by atoms with Gasteiger partial charge in [-0.2, -0.15) is 0 Å². The summed E-state index contributed by atoms with van der Waals surface area (Å²) in [7, 11) is 2.14. The number of pyridine rings is 1. The Morgan fingerprint density at radius 3 is 2.76 bits per heavy atom. The Labute approximate surface area is 128 Å². The highest BCUT2D eigenvalue weighted by Gasteiger charge is 2.58. The van der Waals surface area contributed by atoms with Crippen LogP contribution in [0.2, 0.25) is 0 Å². The van der Waals surface area contributed by atoms with Crippen LogP contribution in [0.15, 0.2) is 24.4 Å². The predicted octanol–water partition coefficient (Wildman–Crippen LogP) is 2.09. The lowest BCUT2D eigenvalue weighted by molar-refractivity contribution is -0.155. The minimum absolute atomic E-state index is 0.0300. The van der Waals surface area contributed by atoms with Crippen LogP contribution in [0, 0.1) is 5.41 Å². The second-order valence-electron chi connectivity index (χ2n) is 6.83. The number of likely N-dealkylation sites (N-methyl/N-ethyl adjacent to an activating group) is 1. The molecule has 0 aromatic carbocycles. The SMILES string of the molecule is CCOC1CC(N)(CN(C)CCc2ccccn2)C1(C)C. The third kappa shape index (κ3) is 3.44. The van der Waals surface area contributed by atoms with E-state index >= 15 is 0 Å². The second kappa shape index (κ2) is 6.42. The highest BCUT2D eigenvalue weighted by molar-refractivity contribution is 5.14. The second-order valence-corrected chi connectivity index (χ2v) is 6.83. The highest BCUT2D eigenvalue weighted by Crippen LogP contribution is 2.49. The zero-order chi connectivity index (χ0) is 15.5. The van der Waals surface area contributed by atoms with Gasteiger partial charge in [0.05, 0.1) is 6.10 Å². The molecular weight excluding hydrogens is 262 g/mol. The summed E-state index contributed by atoms with van der Waals surface area (Å²) in [6.45, 7) is 9.14. The molecule has 2 unspecified atom stereocenters. The zero-order valence-corrected chi connectivity index (χ0v) is 13.8. The van der Waals surface area contributed by atoms with Crippen molar-refractivity contribution in [1.29, 1.82) is 0 Å². The van der Waals surface area contributed by atoms with Gasteiger partial charge < -0.3 is 15.4 Å². The maximum Gasteiger partial charge on any atom is 0.0662 e. The molecule has 1 fully saturated rings. The molecule has 0 amide bonds. The molecule has 2 atom stereocenters. The average Bonchev–Trinajstić information content (AvgIpc) is 2.46. The van der Waals surface area contributed by atoms with Crippen molar-refractivity contribution in [3.8, 4) is 0 Å². The topological polar surface area (TPSA) is 51.4 Å². The summed E-state index contributed by atoms with van der Waals surface area (Å²) >= 11 is 0. The van der Waals surface area contributed by atoms with Gasteiger partial charge in [-0.05, 0) is 32.5 Å². The maximum atomic E-state index is 6.63. The summed E-state index contributed by atoms with van der Waals surface area (Å²) in [5, 5.41) is 0. The Kier molecular flexibility index (Phi) is 5.02. The average molecular weight is 291 g/mol. The van der Waals surface area contributed by atoms with Gasteiger partial charge in [-0.1, -0.05) is 19.9 Å². The van der Waals surface area contributed by atoms with Crippen molar-refractivity contribution in [2.45, 2.75) is 45.3 Å². The predicted molar refractivity (Wildman–Crippen MR) is 86.2 cm³/mol. The standard InChI is InChI=1S/C17H29N3O/c1-5-21-15-12-17(18,16(15,2)3)13-20(4)11-9-14-8-6-7-10-19-14/h6-8,10,15H,5,9,11-13,18H2,1-4H3. The molecule has 0 bridgehead atoms. The minimum atomic E-state index is -0.161. The van der Waals surface area contributed by atoms with E-state index in [9.17, 15) is 0 Å². The lowest BCUT2D eigenvalue weighted by atomic mass is 9.54. The smallest absolute Gasteiger partial charge is 0.0662 e. The van der Waals surface area contributed by atoms with Gasteiger partial charge in [-0.15, -0.1) is 0 Å². The van der Waals surface area contributed by atoms with Crippen molar-refractivity contribution >= 4 is 0 Å². The van der Waals surface area contributed by atoms with Crippen molar-refractivity contribution in [3.05, 3.63) is 30.1 Å². The van der Waals surface area contributed by atoms with Crippen molar-refractivity contribution in [2.24, 2.45) is 11.1 Å². The molecule has 1 aliphatic carbocycles. The Morgan fingerprint density at radius 1 is 1.43 bits per heavy atom. The number of ether oxygens (including phenoxy) is 1. The number of hydrogen-bond donors (Lipinski definition) is 1. The molecule has 2 rings (SSSR count). The van der Waals surface area contributed by atoms with Crippen molar-refractivity contribution < 1.29 is 4.74 Å². The molecule has 0 aliphatic heterocycles. The molecule has 0 radical (unpaired) electrons.